The third-order valence-electron chi connectivity index (χ3n) is 1.13. The fourth-order valence-electron chi connectivity index (χ4n) is 0.689. The zero-order valence-electron chi connectivity index (χ0n) is 7.07. The van der Waals surface area contributed by atoms with Crippen LogP contribution in [-0.2, 0) is 10.0 Å². The van der Waals surface area contributed by atoms with Gasteiger partial charge in [0.25, 0.3) is 0 Å². The van der Waals surface area contributed by atoms with Gasteiger partial charge in [0, 0.05) is 6.07 Å². The molecule has 72 valence electrons. The van der Waals surface area contributed by atoms with Crippen molar-refractivity contribution in [2.45, 2.75) is 6.92 Å². The molecule has 13 heavy (non-hydrogen) atoms. The summed E-state index contributed by atoms with van der Waals surface area (Å²) in [5.41, 5.74) is 0.513. The maximum Gasteiger partial charge on any atom is 0.303 e. The van der Waals surface area contributed by atoms with Crippen LogP contribution in [0.5, 0.6) is 0 Å². The van der Waals surface area contributed by atoms with E-state index < -0.39 is 15.9 Å². The molecule has 0 spiro atoms. The van der Waals surface area contributed by atoms with Crippen LogP contribution in [-0.4, -0.2) is 25.7 Å². The summed E-state index contributed by atoms with van der Waals surface area (Å²) < 4.78 is 27.5. The van der Waals surface area contributed by atoms with E-state index in [1.807, 2.05) is 0 Å². The molecule has 1 amide bonds. The number of nitrogens with one attached hydrogen (secondary N) is 1. The van der Waals surface area contributed by atoms with Gasteiger partial charge in [-0.15, -0.1) is 0 Å². The Bertz CT molecular complexity index is 420. The summed E-state index contributed by atoms with van der Waals surface area (Å²) in [6.45, 7) is 1.63. The van der Waals surface area contributed by atoms with Crippen LogP contribution in [0.15, 0.2) is 10.6 Å². The SMILES string of the molecule is Cc1cc(C(=O)NS(C)(=O)=O)on1. The lowest BCUT2D eigenvalue weighted by atomic mass is 10.4. The molecule has 1 aromatic rings. The average molecular weight is 204 g/mol. The number of hydrogen-bond donors (Lipinski definition) is 1. The van der Waals surface area contributed by atoms with Gasteiger partial charge in [-0.2, -0.15) is 0 Å². The van der Waals surface area contributed by atoms with Crippen LogP contribution < -0.4 is 4.72 Å². The second kappa shape index (κ2) is 3.17. The van der Waals surface area contributed by atoms with E-state index in [1.54, 1.807) is 11.6 Å². The standard InChI is InChI=1S/C6H8N2O4S/c1-4-3-5(12-7-4)6(9)8-13(2,10)11/h3H,1-2H3,(H,8,9). The highest BCUT2D eigenvalue weighted by atomic mass is 32.2. The normalized spacial score (nSPS) is 11.2. The largest absolute Gasteiger partial charge is 0.351 e. The van der Waals surface area contributed by atoms with Crippen LogP contribution >= 0.6 is 0 Å². The Hall–Kier alpha value is -1.37. The van der Waals surface area contributed by atoms with Crippen LogP contribution in [0.3, 0.4) is 0 Å². The molecular formula is C6H8N2O4S. The van der Waals surface area contributed by atoms with E-state index in [2.05, 4.69) is 9.68 Å². The van der Waals surface area contributed by atoms with Gasteiger partial charge in [0.2, 0.25) is 15.8 Å². The Kier molecular flexibility index (Phi) is 2.37. The Morgan fingerprint density at radius 2 is 2.23 bits per heavy atom. The molecule has 1 rings (SSSR count). The number of amides is 1. The minimum absolute atomic E-state index is 0.122. The van der Waals surface area contributed by atoms with Crippen LogP contribution in [0.1, 0.15) is 16.2 Å². The monoisotopic (exact) mass is 204 g/mol. The first-order valence-corrected chi connectivity index (χ1v) is 5.23. The lowest BCUT2D eigenvalue weighted by molar-refractivity contribution is 0.0945. The van der Waals surface area contributed by atoms with Gasteiger partial charge < -0.3 is 4.52 Å². The van der Waals surface area contributed by atoms with Crippen LogP contribution in [0, 0.1) is 6.92 Å². The Balaban J connectivity index is 2.81. The number of carbonyl (C=O) groups is 1. The number of carbonyl (C=O) groups excluding carboxylic acids is 1. The fraction of sp³-hybridized carbons (Fsp3) is 0.333. The molecule has 0 bridgehead atoms. The van der Waals surface area contributed by atoms with Crippen molar-refractivity contribution in [3.63, 3.8) is 0 Å². The number of nitrogens with zero attached hydrogens (tertiary/aromatic N) is 1. The van der Waals surface area contributed by atoms with Crippen molar-refractivity contribution in [1.82, 2.24) is 9.88 Å². The van der Waals surface area contributed by atoms with Gasteiger partial charge in [-0.25, -0.2) is 13.1 Å². The van der Waals surface area contributed by atoms with Gasteiger partial charge in [0.15, 0.2) is 0 Å². The molecule has 0 saturated heterocycles. The summed E-state index contributed by atoms with van der Waals surface area (Å²) >= 11 is 0. The van der Waals surface area contributed by atoms with E-state index >= 15 is 0 Å². The van der Waals surface area contributed by atoms with Crippen molar-refractivity contribution in [3.8, 4) is 0 Å². The third-order valence-corrected chi connectivity index (χ3v) is 1.69. The van der Waals surface area contributed by atoms with Crippen molar-refractivity contribution in [3.05, 3.63) is 17.5 Å². The molecule has 1 aromatic heterocycles. The molecule has 6 nitrogen and oxygen atoms in total. The molecule has 0 fully saturated rings. The lowest BCUT2D eigenvalue weighted by Crippen LogP contribution is -2.28. The molecule has 1 N–H and O–H groups in total. The Morgan fingerprint density at radius 1 is 1.62 bits per heavy atom. The first kappa shape index (κ1) is 9.72. The molecule has 0 aliphatic carbocycles. The summed E-state index contributed by atoms with van der Waals surface area (Å²) in [5.74, 6) is -0.939. The minimum Gasteiger partial charge on any atom is -0.351 e. The summed E-state index contributed by atoms with van der Waals surface area (Å²) in [7, 11) is -3.55. The second-order valence-corrected chi connectivity index (χ2v) is 4.28. The molecule has 0 saturated carbocycles. The van der Waals surface area contributed by atoms with Crippen LogP contribution in [0.4, 0.5) is 0 Å². The van der Waals surface area contributed by atoms with Gasteiger partial charge in [0.1, 0.15) is 0 Å². The molecule has 0 unspecified atom stereocenters. The smallest absolute Gasteiger partial charge is 0.303 e. The van der Waals surface area contributed by atoms with Crippen molar-refractivity contribution in [2.24, 2.45) is 0 Å². The highest BCUT2D eigenvalue weighted by Gasteiger charge is 2.15. The number of aromatic nitrogens is 1. The number of rotatable bonds is 2. The molecule has 0 atom stereocenters. The van der Waals surface area contributed by atoms with E-state index in [0.29, 0.717) is 5.69 Å². The van der Waals surface area contributed by atoms with Crippen LogP contribution in [0.2, 0.25) is 0 Å². The molecule has 0 radical (unpaired) electrons. The molecular weight excluding hydrogens is 196 g/mol. The predicted octanol–water partition coefficient (Wildman–Crippen LogP) is -0.328. The number of sulfonamides is 1. The van der Waals surface area contributed by atoms with Gasteiger partial charge >= 0.3 is 5.91 Å². The van der Waals surface area contributed by atoms with E-state index in [9.17, 15) is 13.2 Å². The number of aryl methyl sites for hydroxylation is 1. The quantitative estimate of drug-likeness (QED) is 0.712. The van der Waals surface area contributed by atoms with Gasteiger partial charge in [0.05, 0.1) is 11.9 Å². The van der Waals surface area contributed by atoms with E-state index in [-0.39, 0.29) is 5.76 Å². The van der Waals surface area contributed by atoms with Gasteiger partial charge in [-0.05, 0) is 6.92 Å². The molecule has 1 heterocycles. The highest BCUT2D eigenvalue weighted by Crippen LogP contribution is 2.01. The van der Waals surface area contributed by atoms with Crippen LogP contribution in [0.25, 0.3) is 0 Å². The summed E-state index contributed by atoms with van der Waals surface area (Å²) in [4.78, 5) is 11.0. The van der Waals surface area contributed by atoms with Crippen molar-refractivity contribution < 1.29 is 17.7 Å². The molecule has 0 aliphatic rings. The summed E-state index contributed by atoms with van der Waals surface area (Å²) in [6, 6.07) is 1.35. The number of hydrogen-bond acceptors (Lipinski definition) is 5. The zero-order valence-corrected chi connectivity index (χ0v) is 7.88. The summed E-state index contributed by atoms with van der Waals surface area (Å²) in [6.07, 6.45) is 0.883. The maximum absolute atomic E-state index is 11.0. The summed E-state index contributed by atoms with van der Waals surface area (Å²) in [5, 5.41) is 3.44. The Labute approximate surface area is 75.0 Å². The molecule has 0 aliphatic heterocycles. The zero-order chi connectivity index (χ0) is 10.1. The second-order valence-electron chi connectivity index (χ2n) is 2.54. The highest BCUT2D eigenvalue weighted by molar-refractivity contribution is 7.89. The van der Waals surface area contributed by atoms with Crippen molar-refractivity contribution in [1.29, 1.82) is 0 Å². The third kappa shape index (κ3) is 2.86. The average Bonchev–Trinajstić information content (AvgIpc) is 2.31. The first-order valence-electron chi connectivity index (χ1n) is 3.34. The van der Waals surface area contributed by atoms with Crippen molar-refractivity contribution >= 4 is 15.9 Å². The molecule has 7 heteroatoms. The van der Waals surface area contributed by atoms with Crippen molar-refractivity contribution in [2.75, 3.05) is 6.26 Å². The lowest BCUT2D eigenvalue weighted by Gasteiger charge is -1.96. The Morgan fingerprint density at radius 3 is 2.62 bits per heavy atom. The van der Waals surface area contributed by atoms with Gasteiger partial charge in [-0.3, -0.25) is 4.79 Å². The first-order chi connectivity index (χ1) is 5.88. The van der Waals surface area contributed by atoms with E-state index in [0.717, 1.165) is 6.26 Å². The minimum atomic E-state index is -3.55. The fourth-order valence-corrected chi connectivity index (χ4v) is 1.13. The predicted molar refractivity (Wildman–Crippen MR) is 43.6 cm³/mol. The molecule has 0 aromatic carbocycles. The van der Waals surface area contributed by atoms with Gasteiger partial charge in [-0.1, -0.05) is 5.16 Å². The van der Waals surface area contributed by atoms with E-state index in [4.69, 9.17) is 0 Å². The topological polar surface area (TPSA) is 89.3 Å². The van der Waals surface area contributed by atoms with E-state index in [1.165, 1.54) is 6.07 Å². The maximum atomic E-state index is 11.0.